The van der Waals surface area contributed by atoms with Crippen molar-refractivity contribution in [2.45, 2.75) is 19.5 Å². The molecule has 0 saturated carbocycles. The van der Waals surface area contributed by atoms with Crippen molar-refractivity contribution < 1.29 is 4.79 Å². The van der Waals surface area contributed by atoms with Crippen LogP contribution in [0, 0.1) is 0 Å². The summed E-state index contributed by atoms with van der Waals surface area (Å²) in [4.78, 5) is 21.9. The molecule has 1 saturated heterocycles. The third-order valence-corrected chi connectivity index (χ3v) is 6.28. The maximum absolute atomic E-state index is 12.5. The number of likely N-dealkylation sites (N-methyl/N-ethyl adjacent to an activating group) is 1. The Morgan fingerprint density at radius 2 is 1.73 bits per heavy atom. The molecule has 0 aliphatic carbocycles. The number of rotatable bonds is 7. The normalized spacial score (nSPS) is 15.2. The molecule has 0 bridgehead atoms. The minimum atomic E-state index is -0.116. The van der Waals surface area contributed by atoms with E-state index >= 15 is 0 Å². The average molecular weight is 421 g/mol. The van der Waals surface area contributed by atoms with Gasteiger partial charge in [0.1, 0.15) is 5.69 Å². The van der Waals surface area contributed by atoms with E-state index in [9.17, 15) is 4.79 Å². The number of amides is 1. The number of piperazine rings is 1. The number of hydrogen-bond acceptors (Lipinski definition) is 5. The zero-order chi connectivity index (χ0) is 20.8. The van der Waals surface area contributed by atoms with Gasteiger partial charge in [0.2, 0.25) is 0 Å². The third-order valence-electron chi connectivity index (χ3n) is 5.43. The van der Waals surface area contributed by atoms with E-state index in [1.54, 1.807) is 0 Å². The van der Waals surface area contributed by atoms with Gasteiger partial charge in [0.15, 0.2) is 0 Å². The highest BCUT2D eigenvalue weighted by Gasteiger charge is 2.14. The highest BCUT2D eigenvalue weighted by molar-refractivity contribution is 7.09. The van der Waals surface area contributed by atoms with Gasteiger partial charge in [-0.05, 0) is 23.7 Å². The van der Waals surface area contributed by atoms with E-state index in [1.807, 2.05) is 23.6 Å². The molecule has 0 radical (unpaired) electrons. The second kappa shape index (κ2) is 9.98. The Kier molecular flexibility index (Phi) is 6.89. The fraction of sp³-hybridized carbons (Fsp3) is 0.333. The number of aromatic nitrogens is 1. The third kappa shape index (κ3) is 5.75. The maximum atomic E-state index is 12.5. The lowest BCUT2D eigenvalue weighted by Crippen LogP contribution is -2.43. The lowest BCUT2D eigenvalue weighted by Gasteiger charge is -2.32. The molecule has 0 spiro atoms. The Bertz CT molecular complexity index is 964. The first-order valence-electron chi connectivity index (χ1n) is 10.4. The molecule has 1 aliphatic heterocycles. The summed E-state index contributed by atoms with van der Waals surface area (Å²) in [7, 11) is 2.17. The van der Waals surface area contributed by atoms with Crippen LogP contribution < -0.4 is 5.32 Å². The summed E-state index contributed by atoms with van der Waals surface area (Å²) in [5.41, 5.74) is 4.12. The van der Waals surface area contributed by atoms with Gasteiger partial charge in [-0.25, -0.2) is 4.98 Å². The summed E-state index contributed by atoms with van der Waals surface area (Å²) in [5.74, 6) is -0.116. The Labute approximate surface area is 182 Å². The van der Waals surface area contributed by atoms with Crippen LogP contribution in [0.1, 0.15) is 32.2 Å². The van der Waals surface area contributed by atoms with Crippen molar-refractivity contribution in [3.63, 3.8) is 0 Å². The first-order valence-corrected chi connectivity index (χ1v) is 11.3. The number of benzene rings is 2. The van der Waals surface area contributed by atoms with Crippen molar-refractivity contribution >= 4 is 17.2 Å². The summed E-state index contributed by atoms with van der Waals surface area (Å²) in [6, 6.07) is 18.7. The maximum Gasteiger partial charge on any atom is 0.271 e. The smallest absolute Gasteiger partial charge is 0.271 e. The molecular formula is C24H28N4OS. The molecule has 1 aliphatic rings. The van der Waals surface area contributed by atoms with Crippen LogP contribution in [0.15, 0.2) is 60.0 Å². The molecular weight excluding hydrogens is 392 g/mol. The van der Waals surface area contributed by atoms with Crippen LogP contribution in [-0.2, 0) is 19.5 Å². The Morgan fingerprint density at radius 3 is 2.53 bits per heavy atom. The fourth-order valence-electron chi connectivity index (χ4n) is 3.64. The van der Waals surface area contributed by atoms with Gasteiger partial charge in [-0.15, -0.1) is 11.3 Å². The molecule has 1 N–H and O–H groups in total. The average Bonchev–Trinajstić information content (AvgIpc) is 3.23. The summed E-state index contributed by atoms with van der Waals surface area (Å²) in [6.07, 6.45) is 0.757. The van der Waals surface area contributed by atoms with Gasteiger partial charge in [-0.1, -0.05) is 54.6 Å². The van der Waals surface area contributed by atoms with Gasteiger partial charge in [0.25, 0.3) is 5.91 Å². The number of carbonyl (C=O) groups is 1. The second-order valence-electron chi connectivity index (χ2n) is 7.87. The molecule has 30 heavy (non-hydrogen) atoms. The van der Waals surface area contributed by atoms with Crippen molar-refractivity contribution in [2.24, 2.45) is 0 Å². The highest BCUT2D eigenvalue weighted by Crippen LogP contribution is 2.15. The summed E-state index contributed by atoms with van der Waals surface area (Å²) in [5, 5.41) is 5.82. The van der Waals surface area contributed by atoms with E-state index in [2.05, 4.69) is 63.5 Å². The highest BCUT2D eigenvalue weighted by atomic mass is 32.1. The molecule has 4 rings (SSSR count). The van der Waals surface area contributed by atoms with Crippen LogP contribution in [0.3, 0.4) is 0 Å². The molecule has 1 amide bonds. The minimum absolute atomic E-state index is 0.116. The van der Waals surface area contributed by atoms with Crippen molar-refractivity contribution in [2.75, 3.05) is 33.2 Å². The Morgan fingerprint density at radius 1 is 1.00 bits per heavy atom. The van der Waals surface area contributed by atoms with E-state index < -0.39 is 0 Å². The van der Waals surface area contributed by atoms with Gasteiger partial charge < -0.3 is 10.2 Å². The molecule has 156 valence electrons. The van der Waals surface area contributed by atoms with E-state index in [1.165, 1.54) is 22.5 Å². The first-order chi connectivity index (χ1) is 14.7. The molecule has 0 atom stereocenters. The van der Waals surface area contributed by atoms with E-state index in [-0.39, 0.29) is 5.91 Å². The Balaban J connectivity index is 1.30. The van der Waals surface area contributed by atoms with Gasteiger partial charge in [0, 0.05) is 51.1 Å². The van der Waals surface area contributed by atoms with Gasteiger partial charge in [0.05, 0.1) is 5.01 Å². The van der Waals surface area contributed by atoms with Gasteiger partial charge in [-0.3, -0.25) is 9.69 Å². The van der Waals surface area contributed by atoms with Crippen LogP contribution in [0.4, 0.5) is 0 Å². The van der Waals surface area contributed by atoms with Crippen molar-refractivity contribution in [3.05, 3.63) is 87.4 Å². The van der Waals surface area contributed by atoms with Crippen molar-refractivity contribution in [1.29, 1.82) is 0 Å². The van der Waals surface area contributed by atoms with Crippen LogP contribution in [0.2, 0.25) is 0 Å². The topological polar surface area (TPSA) is 48.5 Å². The molecule has 0 unspecified atom stereocenters. The van der Waals surface area contributed by atoms with Crippen molar-refractivity contribution in [1.82, 2.24) is 20.1 Å². The lowest BCUT2D eigenvalue weighted by atomic mass is 10.1. The molecule has 3 aromatic rings. The predicted octanol–water partition coefficient (Wildman–Crippen LogP) is 3.41. The SMILES string of the molecule is CN1CCN(Cc2cccc(CNC(=O)c3csc(Cc4ccccc4)n3)c2)CC1. The monoisotopic (exact) mass is 420 g/mol. The van der Waals surface area contributed by atoms with Crippen LogP contribution in [-0.4, -0.2) is 53.9 Å². The van der Waals surface area contributed by atoms with E-state index in [4.69, 9.17) is 0 Å². The van der Waals surface area contributed by atoms with E-state index in [0.29, 0.717) is 12.2 Å². The number of carbonyl (C=O) groups excluding carboxylic acids is 1. The number of nitrogens with zero attached hydrogens (tertiary/aromatic N) is 3. The molecule has 2 heterocycles. The van der Waals surface area contributed by atoms with Crippen LogP contribution in [0.5, 0.6) is 0 Å². The zero-order valence-corrected chi connectivity index (χ0v) is 18.2. The van der Waals surface area contributed by atoms with Gasteiger partial charge >= 0.3 is 0 Å². The summed E-state index contributed by atoms with van der Waals surface area (Å²) < 4.78 is 0. The molecule has 1 fully saturated rings. The lowest BCUT2D eigenvalue weighted by molar-refractivity contribution is 0.0946. The summed E-state index contributed by atoms with van der Waals surface area (Å²) in [6.45, 7) is 5.93. The minimum Gasteiger partial charge on any atom is -0.347 e. The molecule has 6 heteroatoms. The number of thiazole rings is 1. The zero-order valence-electron chi connectivity index (χ0n) is 17.4. The molecule has 2 aromatic carbocycles. The fourth-order valence-corrected chi connectivity index (χ4v) is 4.45. The number of hydrogen-bond donors (Lipinski definition) is 1. The van der Waals surface area contributed by atoms with Crippen LogP contribution >= 0.6 is 11.3 Å². The first kappa shape index (κ1) is 20.7. The largest absolute Gasteiger partial charge is 0.347 e. The second-order valence-corrected chi connectivity index (χ2v) is 8.81. The van der Waals surface area contributed by atoms with E-state index in [0.717, 1.165) is 49.7 Å². The molecule has 1 aromatic heterocycles. The van der Waals surface area contributed by atoms with Crippen molar-refractivity contribution in [3.8, 4) is 0 Å². The number of nitrogens with one attached hydrogen (secondary N) is 1. The Hall–Kier alpha value is -2.54. The van der Waals surface area contributed by atoms with Gasteiger partial charge in [-0.2, -0.15) is 0 Å². The van der Waals surface area contributed by atoms with Crippen LogP contribution in [0.25, 0.3) is 0 Å². The standard InChI is InChI=1S/C24H28N4OS/c1-27-10-12-28(13-11-27)17-21-9-5-8-20(14-21)16-25-24(29)22-18-30-23(26-22)15-19-6-3-2-4-7-19/h2-9,14,18H,10-13,15-17H2,1H3,(H,25,29). The molecule has 5 nitrogen and oxygen atoms in total. The quantitative estimate of drug-likeness (QED) is 0.636. The predicted molar refractivity (Wildman–Crippen MR) is 122 cm³/mol. The summed E-state index contributed by atoms with van der Waals surface area (Å²) >= 11 is 1.54.